The number of aromatic nitrogens is 1. The van der Waals surface area contributed by atoms with Gasteiger partial charge in [-0.15, -0.1) is 0 Å². The Morgan fingerprint density at radius 3 is 2.50 bits per heavy atom. The first-order chi connectivity index (χ1) is 12.8. The van der Waals surface area contributed by atoms with Crippen molar-refractivity contribution in [2.75, 3.05) is 26.2 Å². The average molecular weight is 357 g/mol. The molecule has 0 bridgehead atoms. The van der Waals surface area contributed by atoms with Crippen LogP contribution < -0.4 is 5.32 Å². The summed E-state index contributed by atoms with van der Waals surface area (Å²) in [6.45, 7) is 5.47. The lowest BCUT2D eigenvalue weighted by Gasteiger charge is -2.42. The van der Waals surface area contributed by atoms with E-state index in [1.165, 1.54) is 50.6 Å². The van der Waals surface area contributed by atoms with Crippen molar-refractivity contribution in [3.63, 3.8) is 0 Å². The van der Waals surface area contributed by atoms with E-state index >= 15 is 0 Å². The molecule has 1 aromatic rings. The first-order valence-electron chi connectivity index (χ1n) is 10.4. The fourth-order valence-corrected chi connectivity index (χ4v) is 4.61. The van der Waals surface area contributed by atoms with Crippen molar-refractivity contribution >= 4 is 5.91 Å². The van der Waals surface area contributed by atoms with Gasteiger partial charge in [-0.3, -0.25) is 19.6 Å². The highest BCUT2D eigenvalue weighted by molar-refractivity contribution is 5.79. The highest BCUT2D eigenvalue weighted by Gasteiger charge is 2.32. The number of hydrogen-bond donors (Lipinski definition) is 1. The Bertz CT molecular complexity index is 581. The van der Waals surface area contributed by atoms with Gasteiger partial charge in [-0.05, 0) is 82.3 Å². The van der Waals surface area contributed by atoms with Gasteiger partial charge < -0.3 is 5.32 Å². The number of piperidine rings is 2. The van der Waals surface area contributed by atoms with Crippen molar-refractivity contribution in [3.05, 3.63) is 30.1 Å². The predicted octanol–water partition coefficient (Wildman–Crippen LogP) is 2.43. The van der Waals surface area contributed by atoms with Gasteiger partial charge in [0.15, 0.2) is 0 Å². The molecule has 4 rings (SSSR count). The molecule has 1 amide bonds. The summed E-state index contributed by atoms with van der Waals surface area (Å²) < 4.78 is 0. The van der Waals surface area contributed by atoms with E-state index in [0.29, 0.717) is 18.0 Å². The lowest BCUT2D eigenvalue weighted by molar-refractivity contribution is -0.128. The summed E-state index contributed by atoms with van der Waals surface area (Å²) in [5, 5.41) is 3.26. The topological polar surface area (TPSA) is 48.5 Å². The predicted molar refractivity (Wildman–Crippen MR) is 103 cm³/mol. The Morgan fingerprint density at radius 2 is 1.81 bits per heavy atom. The molecule has 26 heavy (non-hydrogen) atoms. The number of amides is 1. The molecule has 5 heteroatoms. The Labute approximate surface area is 157 Å². The lowest BCUT2D eigenvalue weighted by Crippen LogP contribution is -2.52. The van der Waals surface area contributed by atoms with Gasteiger partial charge in [-0.25, -0.2) is 0 Å². The molecule has 1 aromatic heterocycles. The van der Waals surface area contributed by atoms with Gasteiger partial charge in [0, 0.05) is 37.6 Å². The third kappa shape index (κ3) is 4.44. The molecule has 1 aliphatic carbocycles. The van der Waals surface area contributed by atoms with Crippen molar-refractivity contribution in [2.45, 2.75) is 63.6 Å². The number of rotatable bonds is 5. The van der Waals surface area contributed by atoms with E-state index in [1.807, 2.05) is 12.4 Å². The third-order valence-corrected chi connectivity index (χ3v) is 6.50. The van der Waals surface area contributed by atoms with Crippen LogP contribution in [0, 0.1) is 5.92 Å². The molecule has 142 valence electrons. The number of likely N-dealkylation sites (tertiary alicyclic amines) is 2. The Morgan fingerprint density at radius 1 is 1.04 bits per heavy atom. The van der Waals surface area contributed by atoms with Crippen LogP contribution in [0.2, 0.25) is 0 Å². The summed E-state index contributed by atoms with van der Waals surface area (Å²) in [4.78, 5) is 21.8. The summed E-state index contributed by atoms with van der Waals surface area (Å²) >= 11 is 0. The second kappa shape index (κ2) is 8.49. The van der Waals surface area contributed by atoms with E-state index in [1.54, 1.807) is 0 Å². The van der Waals surface area contributed by atoms with Crippen molar-refractivity contribution in [3.8, 4) is 0 Å². The molecule has 3 aliphatic rings. The molecule has 0 spiro atoms. The van der Waals surface area contributed by atoms with Gasteiger partial charge in [0.05, 0.1) is 5.92 Å². The first kappa shape index (κ1) is 17.9. The van der Waals surface area contributed by atoms with E-state index in [9.17, 15) is 4.79 Å². The zero-order valence-corrected chi connectivity index (χ0v) is 15.8. The van der Waals surface area contributed by atoms with Crippen LogP contribution in [0.5, 0.6) is 0 Å². The van der Waals surface area contributed by atoms with Crippen LogP contribution >= 0.6 is 0 Å². The molecule has 2 aliphatic heterocycles. The fourth-order valence-electron chi connectivity index (χ4n) is 4.61. The second-order valence-corrected chi connectivity index (χ2v) is 8.33. The Kier molecular flexibility index (Phi) is 5.85. The molecule has 1 saturated carbocycles. The minimum atomic E-state index is 0.208. The van der Waals surface area contributed by atoms with Gasteiger partial charge in [0.25, 0.3) is 0 Å². The molecule has 1 N–H and O–H groups in total. The van der Waals surface area contributed by atoms with Crippen molar-refractivity contribution in [1.82, 2.24) is 20.1 Å². The number of hydrogen-bond acceptors (Lipinski definition) is 4. The number of carbonyl (C=O) groups is 1. The van der Waals surface area contributed by atoms with Crippen molar-refractivity contribution in [1.29, 1.82) is 0 Å². The van der Waals surface area contributed by atoms with Crippen molar-refractivity contribution < 1.29 is 4.79 Å². The third-order valence-electron chi connectivity index (χ3n) is 6.50. The maximum atomic E-state index is 12.5. The monoisotopic (exact) mass is 356 g/mol. The molecule has 0 aromatic carbocycles. The molecule has 3 heterocycles. The molecule has 3 fully saturated rings. The van der Waals surface area contributed by atoms with E-state index in [0.717, 1.165) is 32.6 Å². The summed E-state index contributed by atoms with van der Waals surface area (Å²) in [6, 6.07) is 5.35. The molecular weight excluding hydrogens is 324 g/mol. The van der Waals surface area contributed by atoms with E-state index in [-0.39, 0.29) is 5.92 Å². The van der Waals surface area contributed by atoms with E-state index in [2.05, 4.69) is 32.2 Å². The molecule has 1 atom stereocenters. The molecule has 2 saturated heterocycles. The Hall–Kier alpha value is -1.46. The number of nitrogens with zero attached hydrogens (tertiary/aromatic N) is 3. The molecule has 5 nitrogen and oxygen atoms in total. The standard InChI is InChI=1S/C21H32N4O/c26-21(23-19-4-1-5-19)18-3-2-12-25(16-18)20-8-13-24(14-9-20)15-17-6-10-22-11-7-17/h6-7,10-11,18-20H,1-5,8-9,12-16H2,(H,23,26)/t18-/m1/s1. The summed E-state index contributed by atoms with van der Waals surface area (Å²) in [5.74, 6) is 0.522. The summed E-state index contributed by atoms with van der Waals surface area (Å²) in [7, 11) is 0. The van der Waals surface area contributed by atoms with Crippen LogP contribution in [-0.4, -0.2) is 59.0 Å². The number of pyridine rings is 1. The minimum Gasteiger partial charge on any atom is -0.353 e. The maximum absolute atomic E-state index is 12.5. The van der Waals surface area contributed by atoms with Gasteiger partial charge in [-0.1, -0.05) is 0 Å². The minimum absolute atomic E-state index is 0.208. The quantitative estimate of drug-likeness (QED) is 0.880. The average Bonchev–Trinajstić information content (AvgIpc) is 2.66. The van der Waals surface area contributed by atoms with Crippen LogP contribution in [-0.2, 0) is 11.3 Å². The molecule has 0 unspecified atom stereocenters. The second-order valence-electron chi connectivity index (χ2n) is 8.33. The largest absolute Gasteiger partial charge is 0.353 e. The first-order valence-corrected chi connectivity index (χ1v) is 10.4. The highest BCUT2D eigenvalue weighted by Crippen LogP contribution is 2.26. The van der Waals surface area contributed by atoms with Gasteiger partial charge in [-0.2, -0.15) is 0 Å². The normalized spacial score (nSPS) is 26.4. The molecule has 0 radical (unpaired) electrons. The SMILES string of the molecule is O=C(NC1CCC1)[C@@H]1CCCN(C2CCN(Cc3ccncc3)CC2)C1. The smallest absolute Gasteiger partial charge is 0.224 e. The van der Waals surface area contributed by atoms with E-state index in [4.69, 9.17) is 0 Å². The fraction of sp³-hybridized carbons (Fsp3) is 0.714. The van der Waals surface area contributed by atoms with Gasteiger partial charge in [0.1, 0.15) is 0 Å². The zero-order chi connectivity index (χ0) is 17.8. The highest BCUT2D eigenvalue weighted by atomic mass is 16.2. The van der Waals surface area contributed by atoms with Crippen molar-refractivity contribution in [2.24, 2.45) is 5.92 Å². The number of nitrogens with one attached hydrogen (secondary N) is 1. The Balaban J connectivity index is 1.24. The van der Waals surface area contributed by atoms with Gasteiger partial charge in [0.2, 0.25) is 5.91 Å². The van der Waals surface area contributed by atoms with Crippen LogP contribution in [0.1, 0.15) is 50.5 Å². The van der Waals surface area contributed by atoms with Crippen LogP contribution in [0.3, 0.4) is 0 Å². The lowest BCUT2D eigenvalue weighted by atomic mass is 9.90. The van der Waals surface area contributed by atoms with Crippen LogP contribution in [0.25, 0.3) is 0 Å². The van der Waals surface area contributed by atoms with Gasteiger partial charge >= 0.3 is 0 Å². The zero-order valence-electron chi connectivity index (χ0n) is 15.8. The summed E-state index contributed by atoms with van der Waals surface area (Å²) in [5.41, 5.74) is 1.35. The van der Waals surface area contributed by atoms with Crippen LogP contribution in [0.4, 0.5) is 0 Å². The summed E-state index contributed by atoms with van der Waals surface area (Å²) in [6.07, 6.45) is 12.1. The maximum Gasteiger partial charge on any atom is 0.224 e. The molecular formula is C21H32N4O. The number of carbonyl (C=O) groups excluding carboxylic acids is 1. The van der Waals surface area contributed by atoms with E-state index < -0.39 is 0 Å². The van der Waals surface area contributed by atoms with Crippen LogP contribution in [0.15, 0.2) is 24.5 Å².